The third-order valence-electron chi connectivity index (χ3n) is 3.76. The van der Waals surface area contributed by atoms with Crippen molar-refractivity contribution in [3.05, 3.63) is 28.8 Å². The lowest BCUT2D eigenvalue weighted by molar-refractivity contribution is -0.182. The number of nitrogens with one attached hydrogen (secondary N) is 1. The molecule has 0 bridgehead atoms. The molecule has 1 N–H and O–H groups in total. The van der Waals surface area contributed by atoms with Gasteiger partial charge in [-0.15, -0.1) is 0 Å². The Morgan fingerprint density at radius 1 is 1.16 bits per heavy atom. The van der Waals surface area contributed by atoms with E-state index in [4.69, 9.17) is 11.6 Å². The molecule has 0 unspecified atom stereocenters. The molecule has 0 saturated heterocycles. The van der Waals surface area contributed by atoms with Crippen molar-refractivity contribution in [2.45, 2.75) is 44.8 Å². The van der Waals surface area contributed by atoms with Crippen molar-refractivity contribution in [3.63, 3.8) is 0 Å². The normalized spacial score (nSPS) is 24.3. The van der Waals surface area contributed by atoms with E-state index in [-0.39, 0.29) is 18.9 Å². The number of rotatable bonds is 2. The monoisotopic (exact) mass is 291 g/mol. The largest absolute Gasteiger partial charge is 0.391 e. The van der Waals surface area contributed by atoms with Crippen LogP contribution >= 0.6 is 11.6 Å². The zero-order valence-corrected chi connectivity index (χ0v) is 11.5. The van der Waals surface area contributed by atoms with E-state index in [1.165, 1.54) is 0 Å². The number of alkyl halides is 3. The van der Waals surface area contributed by atoms with E-state index < -0.39 is 12.1 Å². The molecule has 1 saturated carbocycles. The molecule has 1 aromatic carbocycles. The topological polar surface area (TPSA) is 12.0 Å². The molecule has 1 fully saturated rings. The minimum absolute atomic E-state index is 0.0807. The van der Waals surface area contributed by atoms with Gasteiger partial charge in [0.25, 0.3) is 0 Å². The highest BCUT2D eigenvalue weighted by Crippen LogP contribution is 2.38. The standard InChI is InChI=1S/C14H17ClF3N/c1-9-3-2-4-12(15)13(9)19-11-7-5-10(6-8-11)14(16,17)18/h2-4,10-11,19H,5-8H2,1H3. The van der Waals surface area contributed by atoms with E-state index in [9.17, 15) is 13.2 Å². The van der Waals surface area contributed by atoms with Crippen molar-refractivity contribution in [3.8, 4) is 0 Å². The molecule has 0 heterocycles. The van der Waals surface area contributed by atoms with Crippen LogP contribution in [-0.2, 0) is 0 Å². The molecule has 106 valence electrons. The molecule has 1 aromatic rings. The summed E-state index contributed by atoms with van der Waals surface area (Å²) in [6.45, 7) is 1.94. The van der Waals surface area contributed by atoms with Gasteiger partial charge in [0.2, 0.25) is 0 Å². The van der Waals surface area contributed by atoms with E-state index in [1.807, 2.05) is 19.1 Å². The van der Waals surface area contributed by atoms with Crippen molar-refractivity contribution in [2.75, 3.05) is 5.32 Å². The van der Waals surface area contributed by atoms with Crippen LogP contribution in [0.3, 0.4) is 0 Å². The Kier molecular flexibility index (Phi) is 4.29. The fourth-order valence-corrected chi connectivity index (χ4v) is 2.86. The second-order valence-corrected chi connectivity index (χ2v) is 5.57. The summed E-state index contributed by atoms with van der Waals surface area (Å²) in [7, 11) is 0. The Bertz CT molecular complexity index is 417. The number of hydrogen-bond acceptors (Lipinski definition) is 1. The molecule has 0 aliphatic heterocycles. The molecule has 0 spiro atoms. The van der Waals surface area contributed by atoms with Crippen molar-refractivity contribution in [1.82, 2.24) is 0 Å². The molecule has 1 nitrogen and oxygen atoms in total. The van der Waals surface area contributed by atoms with Crippen LogP contribution in [0.2, 0.25) is 5.02 Å². The fourth-order valence-electron chi connectivity index (χ4n) is 2.58. The van der Waals surface area contributed by atoms with Crippen LogP contribution in [0.25, 0.3) is 0 Å². The summed E-state index contributed by atoms with van der Waals surface area (Å²) < 4.78 is 37.7. The highest BCUT2D eigenvalue weighted by atomic mass is 35.5. The number of aryl methyl sites for hydroxylation is 1. The molecule has 19 heavy (non-hydrogen) atoms. The maximum absolute atomic E-state index is 12.6. The van der Waals surface area contributed by atoms with Crippen LogP contribution in [0.4, 0.5) is 18.9 Å². The number of para-hydroxylation sites is 1. The van der Waals surface area contributed by atoms with Gasteiger partial charge in [-0.3, -0.25) is 0 Å². The average Bonchev–Trinajstić information content (AvgIpc) is 2.33. The number of halogens is 4. The van der Waals surface area contributed by atoms with Gasteiger partial charge in [-0.05, 0) is 44.2 Å². The van der Waals surface area contributed by atoms with E-state index in [2.05, 4.69) is 5.32 Å². The summed E-state index contributed by atoms with van der Waals surface area (Å²) in [4.78, 5) is 0. The summed E-state index contributed by atoms with van der Waals surface area (Å²) in [6.07, 6.45) is -2.58. The van der Waals surface area contributed by atoms with Gasteiger partial charge in [0, 0.05) is 6.04 Å². The summed E-state index contributed by atoms with van der Waals surface area (Å²) in [5, 5.41) is 3.91. The van der Waals surface area contributed by atoms with E-state index >= 15 is 0 Å². The van der Waals surface area contributed by atoms with Gasteiger partial charge in [0.05, 0.1) is 16.6 Å². The lowest BCUT2D eigenvalue weighted by Gasteiger charge is -2.31. The molecule has 0 radical (unpaired) electrons. The molecule has 1 aliphatic carbocycles. The van der Waals surface area contributed by atoms with Crippen LogP contribution < -0.4 is 5.32 Å². The molecular weight excluding hydrogens is 275 g/mol. The number of anilines is 1. The van der Waals surface area contributed by atoms with Crippen LogP contribution in [-0.4, -0.2) is 12.2 Å². The molecule has 0 aromatic heterocycles. The molecule has 1 aliphatic rings. The van der Waals surface area contributed by atoms with Gasteiger partial charge in [-0.25, -0.2) is 0 Å². The minimum Gasteiger partial charge on any atom is -0.381 e. The van der Waals surface area contributed by atoms with Crippen LogP contribution in [0.5, 0.6) is 0 Å². The number of hydrogen-bond donors (Lipinski definition) is 1. The van der Waals surface area contributed by atoms with Crippen molar-refractivity contribution in [2.24, 2.45) is 5.92 Å². The van der Waals surface area contributed by atoms with Gasteiger partial charge in [0.1, 0.15) is 0 Å². The Hall–Kier alpha value is -0.900. The molecule has 0 atom stereocenters. The quantitative estimate of drug-likeness (QED) is 0.791. The lowest BCUT2D eigenvalue weighted by Crippen LogP contribution is -2.33. The van der Waals surface area contributed by atoms with Gasteiger partial charge in [-0.1, -0.05) is 23.7 Å². The first kappa shape index (κ1) is 14.5. The van der Waals surface area contributed by atoms with Crippen LogP contribution in [0.15, 0.2) is 18.2 Å². The Labute approximate surface area is 116 Å². The first-order valence-electron chi connectivity index (χ1n) is 6.46. The predicted octanol–water partition coefficient (Wildman–Crippen LogP) is 5.18. The second kappa shape index (κ2) is 5.61. The summed E-state index contributed by atoms with van der Waals surface area (Å²) in [6, 6.07) is 5.68. The molecule has 2 rings (SSSR count). The SMILES string of the molecule is Cc1cccc(Cl)c1NC1CCC(C(F)(F)F)CC1. The Morgan fingerprint density at radius 3 is 2.32 bits per heavy atom. The third kappa shape index (κ3) is 3.56. The number of benzene rings is 1. The predicted molar refractivity (Wildman–Crippen MR) is 71.6 cm³/mol. The maximum atomic E-state index is 12.6. The van der Waals surface area contributed by atoms with Crippen LogP contribution in [0.1, 0.15) is 31.2 Å². The average molecular weight is 292 g/mol. The van der Waals surface area contributed by atoms with Gasteiger partial charge in [-0.2, -0.15) is 13.2 Å². The highest BCUT2D eigenvalue weighted by Gasteiger charge is 2.41. The summed E-state index contributed by atoms with van der Waals surface area (Å²) in [5.74, 6) is -1.14. The Morgan fingerprint density at radius 2 is 1.79 bits per heavy atom. The van der Waals surface area contributed by atoms with Crippen molar-refractivity contribution < 1.29 is 13.2 Å². The molecular formula is C14H17ClF3N. The zero-order valence-electron chi connectivity index (χ0n) is 10.7. The van der Waals surface area contributed by atoms with Crippen molar-refractivity contribution >= 4 is 17.3 Å². The zero-order chi connectivity index (χ0) is 14.0. The highest BCUT2D eigenvalue weighted by molar-refractivity contribution is 6.33. The summed E-state index contributed by atoms with van der Waals surface area (Å²) >= 11 is 6.11. The minimum atomic E-state index is -4.05. The van der Waals surface area contributed by atoms with Gasteiger partial charge < -0.3 is 5.32 Å². The van der Waals surface area contributed by atoms with Gasteiger partial charge >= 0.3 is 6.18 Å². The summed E-state index contributed by atoms with van der Waals surface area (Å²) in [5.41, 5.74) is 1.87. The molecule has 5 heteroatoms. The first-order chi connectivity index (χ1) is 8.88. The first-order valence-corrected chi connectivity index (χ1v) is 6.84. The van der Waals surface area contributed by atoms with Gasteiger partial charge in [0.15, 0.2) is 0 Å². The third-order valence-corrected chi connectivity index (χ3v) is 4.08. The fraction of sp³-hybridized carbons (Fsp3) is 0.571. The molecule has 0 amide bonds. The van der Waals surface area contributed by atoms with E-state index in [0.29, 0.717) is 17.9 Å². The lowest BCUT2D eigenvalue weighted by atomic mass is 9.85. The smallest absolute Gasteiger partial charge is 0.381 e. The van der Waals surface area contributed by atoms with E-state index in [1.54, 1.807) is 6.07 Å². The van der Waals surface area contributed by atoms with E-state index in [0.717, 1.165) is 11.3 Å². The maximum Gasteiger partial charge on any atom is 0.391 e. The van der Waals surface area contributed by atoms with Crippen LogP contribution in [0, 0.1) is 12.8 Å². The second-order valence-electron chi connectivity index (χ2n) is 5.17. The van der Waals surface area contributed by atoms with Crippen molar-refractivity contribution in [1.29, 1.82) is 0 Å². The Balaban J connectivity index is 1.96.